The van der Waals surface area contributed by atoms with E-state index in [0.29, 0.717) is 5.56 Å². The number of hydrogen-bond acceptors (Lipinski definition) is 7. The van der Waals surface area contributed by atoms with Crippen molar-refractivity contribution in [2.75, 3.05) is 0 Å². The minimum Gasteiger partial charge on any atom is -0.411 e. The van der Waals surface area contributed by atoms with Crippen LogP contribution in [0.5, 0.6) is 0 Å². The molecule has 132 valence electrons. The highest BCUT2D eigenvalue weighted by Gasteiger charge is 2.23. The van der Waals surface area contributed by atoms with Crippen LogP contribution in [0.3, 0.4) is 0 Å². The average Bonchev–Trinajstić information content (AvgIpc) is 3.27. The number of amides is 1. The van der Waals surface area contributed by atoms with E-state index in [1.807, 2.05) is 0 Å². The Labute approximate surface area is 148 Å². The summed E-state index contributed by atoms with van der Waals surface area (Å²) in [6.07, 6.45) is 4.37. The lowest BCUT2D eigenvalue weighted by Gasteiger charge is -2.14. The summed E-state index contributed by atoms with van der Waals surface area (Å²) in [6.45, 7) is 1.78. The first-order chi connectivity index (χ1) is 12.0. The molecule has 1 aliphatic rings. The quantitative estimate of drug-likeness (QED) is 0.477. The van der Waals surface area contributed by atoms with Gasteiger partial charge in [0.25, 0.3) is 10.9 Å². The second-order valence-corrected chi connectivity index (χ2v) is 7.22. The van der Waals surface area contributed by atoms with Crippen LogP contribution in [-0.2, 0) is 4.79 Å². The zero-order valence-electron chi connectivity index (χ0n) is 13.7. The Morgan fingerprint density at radius 3 is 2.88 bits per heavy atom. The number of nitro groups is 1. The Morgan fingerprint density at radius 1 is 1.40 bits per heavy atom. The fourth-order valence-electron chi connectivity index (χ4n) is 2.72. The maximum atomic E-state index is 12.2. The van der Waals surface area contributed by atoms with Crippen LogP contribution in [-0.4, -0.2) is 32.3 Å². The van der Waals surface area contributed by atoms with Gasteiger partial charge >= 0.3 is 0 Å². The lowest BCUT2D eigenvalue weighted by Crippen LogP contribution is -2.37. The summed E-state index contributed by atoms with van der Waals surface area (Å²) in [5.74, 6) is 0.140. The molecule has 1 saturated carbocycles. The molecule has 3 rings (SSSR count). The second-order valence-electron chi connectivity index (χ2n) is 5.93. The van der Waals surface area contributed by atoms with E-state index in [9.17, 15) is 14.9 Å². The largest absolute Gasteiger partial charge is 0.411 e. The second kappa shape index (κ2) is 7.64. The smallest absolute Gasteiger partial charge is 0.277 e. The maximum absolute atomic E-state index is 12.2. The average molecular weight is 362 g/mol. The summed E-state index contributed by atoms with van der Waals surface area (Å²) in [6, 6.07) is 6.25. The number of hydrogen-bond donors (Lipinski definition) is 1. The highest BCUT2D eigenvalue weighted by molar-refractivity contribution is 8.00. The van der Waals surface area contributed by atoms with E-state index >= 15 is 0 Å². The van der Waals surface area contributed by atoms with Gasteiger partial charge in [-0.15, -0.1) is 10.2 Å². The molecule has 0 radical (unpaired) electrons. The Hall–Kier alpha value is -2.42. The van der Waals surface area contributed by atoms with Gasteiger partial charge in [0.05, 0.1) is 10.2 Å². The predicted molar refractivity (Wildman–Crippen MR) is 92.1 cm³/mol. The van der Waals surface area contributed by atoms with Gasteiger partial charge in [0.1, 0.15) is 0 Å². The number of nitrogens with zero attached hydrogens (tertiary/aromatic N) is 3. The number of nitrogens with one attached hydrogen (secondary N) is 1. The molecule has 1 atom stereocenters. The van der Waals surface area contributed by atoms with Gasteiger partial charge in [-0.2, -0.15) is 0 Å². The van der Waals surface area contributed by atoms with Crippen molar-refractivity contribution in [2.45, 2.75) is 49.1 Å². The summed E-state index contributed by atoms with van der Waals surface area (Å²) >= 11 is 1.17. The summed E-state index contributed by atoms with van der Waals surface area (Å²) in [4.78, 5) is 22.6. The molecule has 9 heteroatoms. The molecule has 0 bridgehead atoms. The summed E-state index contributed by atoms with van der Waals surface area (Å²) in [5.41, 5.74) is 0.422. The number of rotatable bonds is 6. The molecule has 1 fully saturated rings. The van der Waals surface area contributed by atoms with Crippen LogP contribution >= 0.6 is 11.8 Å². The third-order valence-electron chi connectivity index (χ3n) is 4.06. The minimum atomic E-state index is -0.481. The molecule has 25 heavy (non-hydrogen) atoms. The number of carbonyl (C=O) groups excluding carboxylic acids is 1. The van der Waals surface area contributed by atoms with E-state index in [1.54, 1.807) is 19.1 Å². The van der Waals surface area contributed by atoms with Crippen LogP contribution in [0.2, 0.25) is 0 Å². The third kappa shape index (κ3) is 4.36. The van der Waals surface area contributed by atoms with Crippen LogP contribution in [0, 0.1) is 10.1 Å². The highest BCUT2D eigenvalue weighted by atomic mass is 32.2. The van der Waals surface area contributed by atoms with Crippen molar-refractivity contribution in [1.82, 2.24) is 15.5 Å². The maximum Gasteiger partial charge on any atom is 0.277 e. The van der Waals surface area contributed by atoms with Crippen LogP contribution in [0.1, 0.15) is 32.6 Å². The molecule has 2 aromatic rings. The SMILES string of the molecule is C[C@H](Sc1nnc(-c2cccc([N+](=O)[O-])c2)o1)C(=O)NC1CCCC1. The van der Waals surface area contributed by atoms with Gasteiger partial charge in [-0.1, -0.05) is 30.7 Å². The minimum absolute atomic E-state index is 0.0470. The van der Waals surface area contributed by atoms with Gasteiger partial charge in [-0.3, -0.25) is 14.9 Å². The van der Waals surface area contributed by atoms with Crippen LogP contribution < -0.4 is 5.32 Å². The topological polar surface area (TPSA) is 111 Å². The number of benzene rings is 1. The first-order valence-electron chi connectivity index (χ1n) is 8.08. The highest BCUT2D eigenvalue weighted by Crippen LogP contribution is 2.28. The Morgan fingerprint density at radius 2 is 2.16 bits per heavy atom. The zero-order chi connectivity index (χ0) is 17.8. The molecule has 1 aromatic heterocycles. The lowest BCUT2D eigenvalue weighted by molar-refractivity contribution is -0.384. The van der Waals surface area contributed by atoms with Crippen molar-refractivity contribution in [1.29, 1.82) is 0 Å². The molecule has 1 N–H and O–H groups in total. The number of non-ortho nitro benzene ring substituents is 1. The van der Waals surface area contributed by atoms with Gasteiger partial charge in [0, 0.05) is 23.7 Å². The van der Waals surface area contributed by atoms with Crippen molar-refractivity contribution in [3.05, 3.63) is 34.4 Å². The summed E-state index contributed by atoms with van der Waals surface area (Å²) in [7, 11) is 0. The van der Waals surface area contributed by atoms with E-state index < -0.39 is 4.92 Å². The molecular weight excluding hydrogens is 344 g/mol. The zero-order valence-corrected chi connectivity index (χ0v) is 14.5. The molecule has 0 saturated heterocycles. The Kier molecular flexibility index (Phi) is 5.32. The number of aromatic nitrogens is 2. The first-order valence-corrected chi connectivity index (χ1v) is 8.96. The van der Waals surface area contributed by atoms with Crippen molar-refractivity contribution in [2.24, 2.45) is 0 Å². The first kappa shape index (κ1) is 17.4. The monoisotopic (exact) mass is 362 g/mol. The number of carbonyl (C=O) groups is 1. The number of nitro benzene ring substituents is 1. The van der Waals surface area contributed by atoms with Gasteiger partial charge in [0.15, 0.2) is 0 Å². The number of thioether (sulfide) groups is 1. The molecule has 1 aliphatic carbocycles. The van der Waals surface area contributed by atoms with E-state index in [1.165, 1.54) is 23.9 Å². The normalized spacial score (nSPS) is 15.9. The van der Waals surface area contributed by atoms with Gasteiger partial charge in [-0.05, 0) is 25.8 Å². The third-order valence-corrected chi connectivity index (χ3v) is 4.99. The molecule has 0 spiro atoms. The van der Waals surface area contributed by atoms with E-state index in [4.69, 9.17) is 4.42 Å². The van der Waals surface area contributed by atoms with Crippen LogP contribution in [0.25, 0.3) is 11.5 Å². The molecule has 1 aromatic carbocycles. The Balaban J connectivity index is 1.64. The van der Waals surface area contributed by atoms with Crippen molar-refractivity contribution >= 4 is 23.4 Å². The van der Waals surface area contributed by atoms with Crippen molar-refractivity contribution < 1.29 is 14.1 Å². The summed E-state index contributed by atoms with van der Waals surface area (Å²) < 4.78 is 5.53. The van der Waals surface area contributed by atoms with Gasteiger partial charge < -0.3 is 9.73 Å². The standard InChI is InChI=1S/C16H18N4O4S/c1-10(14(21)17-12-6-2-3-7-12)25-16-19-18-15(24-16)11-5-4-8-13(9-11)20(22)23/h4-5,8-10,12H,2-3,6-7H2,1H3,(H,17,21)/t10-/m0/s1. The molecular formula is C16H18N4O4S. The van der Waals surface area contributed by atoms with Crippen molar-refractivity contribution in [3.8, 4) is 11.5 Å². The molecule has 0 aliphatic heterocycles. The predicted octanol–water partition coefficient (Wildman–Crippen LogP) is 3.18. The molecule has 1 heterocycles. The molecule has 1 amide bonds. The fraction of sp³-hybridized carbons (Fsp3) is 0.438. The van der Waals surface area contributed by atoms with Crippen LogP contribution in [0.4, 0.5) is 5.69 Å². The fourth-order valence-corrected chi connectivity index (χ4v) is 3.41. The van der Waals surface area contributed by atoms with Crippen molar-refractivity contribution in [3.63, 3.8) is 0 Å². The molecule has 0 unspecified atom stereocenters. The van der Waals surface area contributed by atoms with E-state index in [0.717, 1.165) is 25.7 Å². The van der Waals surface area contributed by atoms with E-state index in [-0.39, 0.29) is 34.0 Å². The van der Waals surface area contributed by atoms with E-state index in [2.05, 4.69) is 15.5 Å². The van der Waals surface area contributed by atoms with Gasteiger partial charge in [-0.25, -0.2) is 0 Å². The van der Waals surface area contributed by atoms with Gasteiger partial charge in [0.2, 0.25) is 11.8 Å². The Bertz CT molecular complexity index is 773. The molecule has 8 nitrogen and oxygen atoms in total. The van der Waals surface area contributed by atoms with Crippen LogP contribution in [0.15, 0.2) is 33.9 Å². The lowest BCUT2D eigenvalue weighted by atomic mass is 10.2. The summed E-state index contributed by atoms with van der Waals surface area (Å²) in [5, 5.41) is 21.6.